The van der Waals surface area contributed by atoms with E-state index < -0.39 is 0 Å². The highest BCUT2D eigenvalue weighted by atomic mass is 16.2. The fourth-order valence-electron chi connectivity index (χ4n) is 3.62. The van der Waals surface area contributed by atoms with Gasteiger partial charge in [0.25, 0.3) is 5.56 Å². The zero-order valence-corrected chi connectivity index (χ0v) is 14.5. The van der Waals surface area contributed by atoms with Crippen LogP contribution in [0.1, 0.15) is 30.0 Å². The van der Waals surface area contributed by atoms with Gasteiger partial charge in [0.05, 0.1) is 10.9 Å². The molecule has 1 N–H and O–H groups in total. The van der Waals surface area contributed by atoms with Crippen LogP contribution >= 0.6 is 0 Å². The largest absolute Gasteiger partial charge is 0.342 e. The summed E-state index contributed by atoms with van der Waals surface area (Å²) in [6.07, 6.45) is 3.84. The molecule has 0 unspecified atom stereocenters. The van der Waals surface area contributed by atoms with Crippen molar-refractivity contribution in [2.45, 2.75) is 25.2 Å². The van der Waals surface area contributed by atoms with Gasteiger partial charge in [0.15, 0.2) is 0 Å². The Balaban J connectivity index is 1.43. The third kappa shape index (κ3) is 3.38. The summed E-state index contributed by atoms with van der Waals surface area (Å²) in [5.74, 6) is 0.340. The number of nitrogens with one attached hydrogen (secondary N) is 1. The van der Waals surface area contributed by atoms with Gasteiger partial charge < -0.3 is 9.88 Å². The highest BCUT2D eigenvalue weighted by Crippen LogP contribution is 2.27. The first kappa shape index (κ1) is 16.5. The van der Waals surface area contributed by atoms with E-state index in [0.717, 1.165) is 25.1 Å². The third-order valence-corrected chi connectivity index (χ3v) is 5.08. The summed E-state index contributed by atoms with van der Waals surface area (Å²) in [5, 5.41) is 0.602. The molecule has 5 heteroatoms. The topological polar surface area (TPSA) is 66.1 Å². The Labute approximate surface area is 151 Å². The molecule has 5 nitrogen and oxygen atoms in total. The summed E-state index contributed by atoms with van der Waals surface area (Å²) in [6, 6.07) is 15.6. The van der Waals surface area contributed by atoms with Crippen LogP contribution in [-0.4, -0.2) is 33.9 Å². The van der Waals surface area contributed by atoms with Crippen molar-refractivity contribution in [1.29, 1.82) is 0 Å². The molecule has 132 valence electrons. The average molecular weight is 347 g/mol. The number of pyridine rings is 2. The van der Waals surface area contributed by atoms with Crippen molar-refractivity contribution in [2.75, 3.05) is 13.1 Å². The fraction of sp³-hybridized carbons (Fsp3) is 0.286. The van der Waals surface area contributed by atoms with Crippen LogP contribution in [0.3, 0.4) is 0 Å². The molecule has 1 aliphatic rings. The molecule has 1 fully saturated rings. The van der Waals surface area contributed by atoms with Gasteiger partial charge in [0.1, 0.15) is 0 Å². The van der Waals surface area contributed by atoms with Crippen LogP contribution in [0.5, 0.6) is 0 Å². The van der Waals surface area contributed by atoms with E-state index in [1.165, 1.54) is 5.56 Å². The highest BCUT2D eigenvalue weighted by molar-refractivity contribution is 5.78. The number of rotatable bonds is 4. The Kier molecular flexibility index (Phi) is 4.52. The lowest BCUT2D eigenvalue weighted by molar-refractivity contribution is -0.130. The van der Waals surface area contributed by atoms with Crippen LogP contribution in [0, 0.1) is 0 Å². The minimum absolute atomic E-state index is 0.112. The Morgan fingerprint density at radius 3 is 2.88 bits per heavy atom. The molecule has 0 spiro atoms. The smallest absolute Gasteiger partial charge is 0.257 e. The average Bonchev–Trinajstić information content (AvgIpc) is 3.17. The van der Waals surface area contributed by atoms with Gasteiger partial charge in [-0.25, -0.2) is 0 Å². The van der Waals surface area contributed by atoms with E-state index >= 15 is 0 Å². The number of amides is 1. The van der Waals surface area contributed by atoms with E-state index in [1.807, 2.05) is 41.3 Å². The van der Waals surface area contributed by atoms with Crippen molar-refractivity contribution in [3.8, 4) is 0 Å². The van der Waals surface area contributed by atoms with Crippen molar-refractivity contribution in [2.24, 2.45) is 0 Å². The van der Waals surface area contributed by atoms with Crippen molar-refractivity contribution < 1.29 is 4.79 Å². The number of benzene rings is 1. The van der Waals surface area contributed by atoms with Crippen LogP contribution in [0.25, 0.3) is 10.9 Å². The minimum atomic E-state index is -0.112. The Hall–Kier alpha value is -2.95. The molecule has 1 aromatic carbocycles. The zero-order valence-electron chi connectivity index (χ0n) is 14.5. The van der Waals surface area contributed by atoms with Crippen LogP contribution in [0.4, 0.5) is 0 Å². The molecule has 4 rings (SSSR count). The molecular weight excluding hydrogens is 326 g/mol. The van der Waals surface area contributed by atoms with Gasteiger partial charge in [-0.05, 0) is 36.6 Å². The molecule has 0 saturated carbocycles. The number of likely N-dealkylation sites (tertiary alicyclic amines) is 1. The van der Waals surface area contributed by atoms with Gasteiger partial charge in [-0.15, -0.1) is 0 Å². The molecule has 1 atom stereocenters. The quantitative estimate of drug-likeness (QED) is 0.789. The molecule has 0 radical (unpaired) electrons. The molecule has 1 saturated heterocycles. The number of aromatic nitrogens is 2. The number of hydrogen-bond donors (Lipinski definition) is 1. The molecule has 1 amide bonds. The Morgan fingerprint density at radius 1 is 1.19 bits per heavy atom. The van der Waals surface area contributed by atoms with Gasteiger partial charge in [-0.2, -0.15) is 0 Å². The summed E-state index contributed by atoms with van der Waals surface area (Å²) in [5.41, 5.74) is 2.65. The Morgan fingerprint density at radius 2 is 2.04 bits per heavy atom. The van der Waals surface area contributed by atoms with Gasteiger partial charge in [-0.3, -0.25) is 14.6 Å². The molecule has 26 heavy (non-hydrogen) atoms. The van der Waals surface area contributed by atoms with Crippen molar-refractivity contribution in [3.63, 3.8) is 0 Å². The van der Waals surface area contributed by atoms with E-state index in [-0.39, 0.29) is 17.4 Å². The van der Waals surface area contributed by atoms with E-state index in [1.54, 1.807) is 18.3 Å². The first-order valence-electron chi connectivity index (χ1n) is 9.00. The van der Waals surface area contributed by atoms with Crippen molar-refractivity contribution in [1.82, 2.24) is 14.9 Å². The predicted octanol–water partition coefficient (Wildman–Crippen LogP) is 2.87. The molecule has 0 aliphatic carbocycles. The number of fused-ring (bicyclic) bond motifs is 1. The lowest BCUT2D eigenvalue weighted by Gasteiger charge is -2.17. The monoisotopic (exact) mass is 347 g/mol. The van der Waals surface area contributed by atoms with Crippen molar-refractivity contribution >= 4 is 16.8 Å². The first-order valence-corrected chi connectivity index (χ1v) is 9.00. The predicted molar refractivity (Wildman–Crippen MR) is 101 cm³/mol. The van der Waals surface area contributed by atoms with E-state index in [4.69, 9.17) is 0 Å². The molecule has 1 aliphatic heterocycles. The van der Waals surface area contributed by atoms with E-state index in [2.05, 4.69) is 9.97 Å². The summed E-state index contributed by atoms with van der Waals surface area (Å²) in [4.78, 5) is 33.9. The normalized spacial score (nSPS) is 16.9. The molecule has 0 bridgehead atoms. The Bertz CT molecular complexity index is 981. The summed E-state index contributed by atoms with van der Waals surface area (Å²) in [7, 11) is 0. The number of H-pyrrole nitrogens is 1. The van der Waals surface area contributed by atoms with Crippen LogP contribution in [-0.2, 0) is 11.2 Å². The van der Waals surface area contributed by atoms with Crippen LogP contribution in [0.15, 0.2) is 59.5 Å². The maximum atomic E-state index is 12.5. The minimum Gasteiger partial charge on any atom is -0.342 e. The summed E-state index contributed by atoms with van der Waals surface area (Å²) < 4.78 is 0. The van der Waals surface area contributed by atoms with Gasteiger partial charge in [0, 0.05) is 37.3 Å². The zero-order chi connectivity index (χ0) is 17.9. The van der Waals surface area contributed by atoms with Crippen molar-refractivity contribution in [3.05, 3.63) is 76.3 Å². The fourth-order valence-corrected chi connectivity index (χ4v) is 3.62. The first-order chi connectivity index (χ1) is 12.7. The summed E-state index contributed by atoms with van der Waals surface area (Å²) >= 11 is 0. The second-order valence-electron chi connectivity index (χ2n) is 6.80. The molecular formula is C21H21N3O2. The highest BCUT2D eigenvalue weighted by Gasteiger charge is 2.28. The van der Waals surface area contributed by atoms with E-state index in [0.29, 0.717) is 23.9 Å². The van der Waals surface area contributed by atoms with Gasteiger partial charge >= 0.3 is 0 Å². The second kappa shape index (κ2) is 7.12. The lowest BCUT2D eigenvalue weighted by Crippen LogP contribution is -2.28. The number of carbonyl (C=O) groups excluding carboxylic acids is 1. The molecule has 2 aromatic heterocycles. The number of aromatic amines is 1. The van der Waals surface area contributed by atoms with Gasteiger partial charge in [-0.1, -0.05) is 30.3 Å². The SMILES string of the molecule is O=C(CCc1ccccc1)N1CC[C@H](c2cc3ncccc3c(=O)[nH]2)C1. The second-order valence-corrected chi connectivity index (χ2v) is 6.80. The maximum Gasteiger partial charge on any atom is 0.257 e. The third-order valence-electron chi connectivity index (χ3n) is 5.08. The summed E-state index contributed by atoms with van der Waals surface area (Å²) in [6.45, 7) is 1.39. The van der Waals surface area contributed by atoms with Gasteiger partial charge in [0.2, 0.25) is 5.91 Å². The van der Waals surface area contributed by atoms with E-state index in [9.17, 15) is 9.59 Å². The van der Waals surface area contributed by atoms with Crippen LogP contribution < -0.4 is 5.56 Å². The van der Waals surface area contributed by atoms with Crippen LogP contribution in [0.2, 0.25) is 0 Å². The molecule has 3 aromatic rings. The lowest BCUT2D eigenvalue weighted by atomic mass is 10.0. The number of hydrogen-bond acceptors (Lipinski definition) is 3. The number of aryl methyl sites for hydroxylation is 1. The number of carbonyl (C=O) groups is 1. The molecule has 3 heterocycles. The number of nitrogens with zero attached hydrogens (tertiary/aromatic N) is 2. The maximum absolute atomic E-state index is 12.5. The standard InChI is InChI=1S/C21H21N3O2/c25-20(9-8-15-5-2-1-3-6-15)24-12-10-16(14-24)18-13-19-17(21(26)23-18)7-4-11-22-19/h1-7,11,13,16H,8-10,12,14H2,(H,23,26)/t16-/m0/s1.